The molecule has 0 fully saturated rings. The Morgan fingerprint density at radius 3 is 1.74 bits per heavy atom. The minimum Gasteiger partial charge on any atom is -0.456 e. The van der Waals surface area contributed by atoms with Crippen molar-refractivity contribution in [2.45, 2.75) is 19.3 Å². The van der Waals surface area contributed by atoms with E-state index in [4.69, 9.17) is 19.4 Å². The van der Waals surface area contributed by atoms with E-state index in [1.807, 2.05) is 12.1 Å². The molecule has 0 bridgehead atoms. The molecule has 5 nitrogen and oxygen atoms in total. The first-order chi connectivity index (χ1) is 32.0. The zero-order valence-corrected chi connectivity index (χ0v) is 35.8. The van der Waals surface area contributed by atoms with E-state index in [0.717, 1.165) is 71.9 Å². The molecule has 0 saturated carbocycles. The van der Waals surface area contributed by atoms with Gasteiger partial charge in [-0.25, -0.2) is 15.0 Å². The fourth-order valence-electron chi connectivity index (χ4n) is 10.3. The zero-order valence-electron chi connectivity index (χ0n) is 35.8. The van der Waals surface area contributed by atoms with Crippen LogP contribution in [0.4, 0.5) is 0 Å². The van der Waals surface area contributed by atoms with E-state index in [1.165, 1.54) is 38.8 Å². The van der Waals surface area contributed by atoms with Gasteiger partial charge in [0.25, 0.3) is 0 Å². The minimum absolute atomic E-state index is 0.109. The van der Waals surface area contributed by atoms with Crippen LogP contribution < -0.4 is 0 Å². The lowest BCUT2D eigenvalue weighted by Crippen LogP contribution is -2.14. The van der Waals surface area contributed by atoms with Gasteiger partial charge in [-0.05, 0) is 105 Å². The highest BCUT2D eigenvalue weighted by Gasteiger charge is 2.35. The highest BCUT2D eigenvalue weighted by atomic mass is 16.3. The lowest BCUT2D eigenvalue weighted by molar-refractivity contribution is 0.660. The fourth-order valence-corrected chi connectivity index (χ4v) is 10.3. The van der Waals surface area contributed by atoms with Gasteiger partial charge in [-0.2, -0.15) is 0 Å². The maximum atomic E-state index is 6.66. The first kappa shape index (κ1) is 37.2. The first-order valence-corrected chi connectivity index (χ1v) is 22.2. The van der Waals surface area contributed by atoms with Gasteiger partial charge in [0.15, 0.2) is 17.5 Å². The molecule has 5 heteroatoms. The Morgan fingerprint density at radius 1 is 0.369 bits per heavy atom. The van der Waals surface area contributed by atoms with Crippen LogP contribution in [-0.4, -0.2) is 19.5 Å². The Hall–Kier alpha value is -8.41. The van der Waals surface area contributed by atoms with Crippen LogP contribution in [0, 0.1) is 0 Å². The van der Waals surface area contributed by atoms with Crippen molar-refractivity contribution in [3.63, 3.8) is 0 Å². The molecule has 0 aliphatic heterocycles. The number of para-hydroxylation sites is 2. The molecule has 3 heterocycles. The smallest absolute Gasteiger partial charge is 0.164 e. The van der Waals surface area contributed by atoms with E-state index in [9.17, 15) is 0 Å². The van der Waals surface area contributed by atoms with Gasteiger partial charge in [-0.1, -0.05) is 159 Å². The van der Waals surface area contributed by atoms with Gasteiger partial charge in [0.05, 0.1) is 11.0 Å². The molecular weight excluding hydrogens is 793 g/mol. The summed E-state index contributed by atoms with van der Waals surface area (Å²) in [6, 6.07) is 73.1. The molecule has 0 saturated heterocycles. The Labute approximate surface area is 376 Å². The number of benzene rings is 9. The third-order valence-corrected chi connectivity index (χ3v) is 13.5. The summed E-state index contributed by atoms with van der Waals surface area (Å²) in [5, 5.41) is 4.43. The van der Waals surface area contributed by atoms with Crippen molar-refractivity contribution in [2.24, 2.45) is 0 Å². The normalized spacial score (nSPS) is 12.9. The topological polar surface area (TPSA) is 56.7 Å². The summed E-state index contributed by atoms with van der Waals surface area (Å²) in [4.78, 5) is 15.8. The first-order valence-electron chi connectivity index (χ1n) is 22.2. The highest BCUT2D eigenvalue weighted by Crippen LogP contribution is 2.49. The Morgan fingerprint density at radius 2 is 0.938 bits per heavy atom. The van der Waals surface area contributed by atoms with Gasteiger partial charge in [0.2, 0.25) is 0 Å². The maximum absolute atomic E-state index is 6.66. The average Bonchev–Trinajstić information content (AvgIpc) is 3.99. The molecule has 12 aromatic rings. The van der Waals surface area contributed by atoms with E-state index in [-0.39, 0.29) is 5.41 Å². The Bertz CT molecular complexity index is 3840. The molecule has 1 aliphatic carbocycles. The van der Waals surface area contributed by atoms with Crippen molar-refractivity contribution in [1.82, 2.24) is 19.5 Å². The van der Waals surface area contributed by atoms with Crippen molar-refractivity contribution in [2.75, 3.05) is 0 Å². The van der Waals surface area contributed by atoms with Crippen molar-refractivity contribution in [3.8, 4) is 73.2 Å². The third-order valence-electron chi connectivity index (χ3n) is 13.5. The molecule has 13 rings (SSSR count). The predicted molar refractivity (Wildman–Crippen MR) is 266 cm³/mol. The van der Waals surface area contributed by atoms with Crippen LogP contribution in [0.15, 0.2) is 211 Å². The number of fused-ring (bicyclic) bond motifs is 9. The Kier molecular flexibility index (Phi) is 8.18. The molecule has 1 aliphatic rings. The summed E-state index contributed by atoms with van der Waals surface area (Å²) in [5.41, 5.74) is 17.4. The van der Waals surface area contributed by atoms with E-state index >= 15 is 0 Å². The molecule has 3 aromatic heterocycles. The van der Waals surface area contributed by atoms with Crippen molar-refractivity contribution >= 4 is 43.7 Å². The van der Waals surface area contributed by atoms with E-state index in [0.29, 0.717) is 17.5 Å². The maximum Gasteiger partial charge on any atom is 0.164 e. The molecule has 0 spiro atoms. The molecule has 65 heavy (non-hydrogen) atoms. The third kappa shape index (κ3) is 5.89. The number of nitrogens with zero attached hydrogens (tertiary/aromatic N) is 4. The summed E-state index contributed by atoms with van der Waals surface area (Å²) >= 11 is 0. The summed E-state index contributed by atoms with van der Waals surface area (Å²) in [7, 11) is 0. The van der Waals surface area contributed by atoms with Crippen molar-refractivity contribution in [1.29, 1.82) is 0 Å². The van der Waals surface area contributed by atoms with Gasteiger partial charge in [0, 0.05) is 49.3 Å². The van der Waals surface area contributed by atoms with Crippen LogP contribution in [0.5, 0.6) is 0 Å². The molecular formula is C60H40N4O. The molecule has 0 unspecified atom stereocenters. The SMILES string of the molecule is CC1(C)c2ccccc2-c2cc(-c3nc(-c4ccc5c(c4)oc4cccc(-c6ccc(-c7ccccc7)cc6)c45)nc(-c4ccc5c(c4)c4ccccc4n5-c4ccccc4)n3)ccc21. The summed E-state index contributed by atoms with van der Waals surface area (Å²) in [6.45, 7) is 4.61. The largest absolute Gasteiger partial charge is 0.456 e. The molecule has 0 N–H and O–H groups in total. The average molecular weight is 833 g/mol. The molecule has 9 aromatic carbocycles. The summed E-state index contributed by atoms with van der Waals surface area (Å²) in [5.74, 6) is 1.81. The van der Waals surface area contributed by atoms with Gasteiger partial charge in [-0.15, -0.1) is 0 Å². The van der Waals surface area contributed by atoms with E-state index in [1.54, 1.807) is 0 Å². The van der Waals surface area contributed by atoms with Crippen molar-refractivity contribution < 1.29 is 4.42 Å². The van der Waals surface area contributed by atoms with Gasteiger partial charge in [0.1, 0.15) is 11.2 Å². The summed E-state index contributed by atoms with van der Waals surface area (Å²) < 4.78 is 8.99. The molecule has 0 radical (unpaired) electrons. The highest BCUT2D eigenvalue weighted by molar-refractivity contribution is 6.13. The van der Waals surface area contributed by atoms with Crippen LogP contribution in [0.3, 0.4) is 0 Å². The van der Waals surface area contributed by atoms with Crippen LogP contribution in [0.1, 0.15) is 25.0 Å². The second-order valence-electron chi connectivity index (χ2n) is 17.6. The van der Waals surface area contributed by atoms with Crippen molar-refractivity contribution in [3.05, 3.63) is 217 Å². The predicted octanol–water partition coefficient (Wildman–Crippen LogP) is 15.5. The number of aromatic nitrogens is 4. The molecule has 306 valence electrons. The second kappa shape index (κ2) is 14.3. The standard InChI is InChI=1S/C60H40N4O/c1-60(2)50-21-11-9-18-45(50)48-34-40(29-32-51(48)60)57-61-58(41-30-33-53-49(35-41)46-19-10-12-22-52(46)64(53)43-16-7-4-8-17-43)63-59(62-57)42-28-31-47-55(36-42)65-54-23-13-20-44(56(47)54)39-26-24-38(25-27-39)37-14-5-3-6-15-37/h3-36H,1-2H3. The van der Waals surface area contributed by atoms with Gasteiger partial charge in [-0.3, -0.25) is 0 Å². The van der Waals surface area contributed by atoms with Crippen LogP contribution in [0.25, 0.3) is 117 Å². The quantitative estimate of drug-likeness (QED) is 0.167. The fraction of sp³-hybridized carbons (Fsp3) is 0.0500. The van der Waals surface area contributed by atoms with Gasteiger partial charge >= 0.3 is 0 Å². The van der Waals surface area contributed by atoms with Crippen LogP contribution in [-0.2, 0) is 5.41 Å². The monoisotopic (exact) mass is 832 g/mol. The number of rotatable bonds is 6. The van der Waals surface area contributed by atoms with E-state index < -0.39 is 0 Å². The van der Waals surface area contributed by atoms with Crippen LogP contribution in [0.2, 0.25) is 0 Å². The molecule has 0 atom stereocenters. The number of furan rings is 1. The number of hydrogen-bond donors (Lipinski definition) is 0. The lowest BCUT2D eigenvalue weighted by Gasteiger charge is -2.21. The van der Waals surface area contributed by atoms with Crippen LogP contribution >= 0.6 is 0 Å². The Balaban J connectivity index is 0.972. The van der Waals surface area contributed by atoms with E-state index in [2.05, 4.69) is 213 Å². The summed E-state index contributed by atoms with van der Waals surface area (Å²) in [6.07, 6.45) is 0. The lowest BCUT2D eigenvalue weighted by atomic mass is 9.82. The minimum atomic E-state index is -0.109. The zero-order chi connectivity index (χ0) is 43.2. The van der Waals surface area contributed by atoms with Gasteiger partial charge < -0.3 is 8.98 Å². The molecule has 0 amide bonds. The second-order valence-corrected chi connectivity index (χ2v) is 17.6. The number of hydrogen-bond acceptors (Lipinski definition) is 4.